The molecule has 0 aromatic heterocycles. The third-order valence-electron chi connectivity index (χ3n) is 7.76. The van der Waals surface area contributed by atoms with E-state index in [0.717, 1.165) is 25.7 Å². The molecule has 0 aliphatic heterocycles. The Labute approximate surface area is 163 Å². The van der Waals surface area contributed by atoms with Gasteiger partial charge in [0.05, 0.1) is 0 Å². The summed E-state index contributed by atoms with van der Waals surface area (Å²) in [5.41, 5.74) is 1.35. The van der Waals surface area contributed by atoms with Gasteiger partial charge in [0, 0.05) is 23.9 Å². The zero-order valence-corrected chi connectivity index (χ0v) is 18.5. The molecule has 0 radical (unpaired) electrons. The Hall–Kier alpha value is -0.200. The fourth-order valence-electron chi connectivity index (χ4n) is 6.09. The SMILES string of the molecule is C=C1CCC(C)C(=O)C2CC(C(C)NC3CCCC3)C(C(C)(C)P)CC12. The summed E-state index contributed by atoms with van der Waals surface area (Å²) in [5.74, 6) is 2.54. The van der Waals surface area contributed by atoms with Gasteiger partial charge >= 0.3 is 0 Å². The highest BCUT2D eigenvalue weighted by molar-refractivity contribution is 7.18. The second kappa shape index (κ2) is 8.04. The van der Waals surface area contributed by atoms with E-state index in [1.807, 2.05) is 0 Å². The van der Waals surface area contributed by atoms with Gasteiger partial charge in [-0.2, -0.15) is 0 Å². The van der Waals surface area contributed by atoms with Crippen molar-refractivity contribution >= 4 is 15.0 Å². The molecular formula is C23H40NOP. The van der Waals surface area contributed by atoms with Crippen molar-refractivity contribution in [3.8, 4) is 0 Å². The van der Waals surface area contributed by atoms with E-state index in [2.05, 4.69) is 48.8 Å². The van der Waals surface area contributed by atoms with E-state index in [1.54, 1.807) is 0 Å². The summed E-state index contributed by atoms with van der Waals surface area (Å²) in [6.45, 7) is 13.7. The molecule has 3 heteroatoms. The normalized spacial score (nSPS) is 38.1. The Bertz CT molecular complexity index is 531. The van der Waals surface area contributed by atoms with Crippen LogP contribution < -0.4 is 5.32 Å². The Kier molecular flexibility index (Phi) is 6.35. The van der Waals surface area contributed by atoms with Gasteiger partial charge in [-0.05, 0) is 68.4 Å². The minimum absolute atomic E-state index is 0.197. The van der Waals surface area contributed by atoms with Crippen molar-refractivity contribution < 1.29 is 4.79 Å². The van der Waals surface area contributed by atoms with Crippen molar-refractivity contribution in [2.24, 2.45) is 29.6 Å². The number of fused-ring (bicyclic) bond motifs is 1. The molecule has 3 aliphatic carbocycles. The molecule has 3 saturated carbocycles. The molecule has 3 rings (SSSR count). The molecule has 26 heavy (non-hydrogen) atoms. The van der Waals surface area contributed by atoms with E-state index in [4.69, 9.17) is 0 Å². The topological polar surface area (TPSA) is 29.1 Å². The molecule has 0 aromatic carbocycles. The van der Waals surface area contributed by atoms with Crippen molar-refractivity contribution in [1.29, 1.82) is 0 Å². The Morgan fingerprint density at radius 1 is 1.15 bits per heavy atom. The van der Waals surface area contributed by atoms with Crippen molar-refractivity contribution in [2.75, 3.05) is 0 Å². The lowest BCUT2D eigenvalue weighted by molar-refractivity contribution is -0.129. The number of allylic oxidation sites excluding steroid dienone is 1. The quantitative estimate of drug-likeness (QED) is 0.527. The minimum Gasteiger partial charge on any atom is -0.311 e. The largest absolute Gasteiger partial charge is 0.311 e. The number of rotatable bonds is 4. The first-order chi connectivity index (χ1) is 12.2. The monoisotopic (exact) mass is 377 g/mol. The highest BCUT2D eigenvalue weighted by atomic mass is 31.0. The van der Waals surface area contributed by atoms with Crippen LogP contribution in [-0.2, 0) is 4.79 Å². The summed E-state index contributed by atoms with van der Waals surface area (Å²) in [6, 6.07) is 1.18. The number of hydrogen-bond acceptors (Lipinski definition) is 2. The van der Waals surface area contributed by atoms with Gasteiger partial charge in [-0.3, -0.25) is 4.79 Å². The molecule has 3 aliphatic rings. The molecular weight excluding hydrogens is 337 g/mol. The highest BCUT2D eigenvalue weighted by Gasteiger charge is 2.48. The van der Waals surface area contributed by atoms with Gasteiger partial charge < -0.3 is 5.32 Å². The average molecular weight is 378 g/mol. The molecule has 0 bridgehead atoms. The molecule has 0 aromatic rings. The minimum atomic E-state index is 0.197. The summed E-state index contributed by atoms with van der Waals surface area (Å²) < 4.78 is 0. The highest BCUT2D eigenvalue weighted by Crippen LogP contribution is 2.51. The lowest BCUT2D eigenvalue weighted by Gasteiger charge is -2.49. The van der Waals surface area contributed by atoms with E-state index in [9.17, 15) is 4.79 Å². The predicted octanol–water partition coefficient (Wildman–Crippen LogP) is 5.37. The molecule has 148 valence electrons. The molecule has 0 spiro atoms. The van der Waals surface area contributed by atoms with Crippen LogP contribution in [0.3, 0.4) is 0 Å². The van der Waals surface area contributed by atoms with Crippen molar-refractivity contribution in [2.45, 2.75) is 96.3 Å². The first-order valence-corrected chi connectivity index (χ1v) is 11.5. The van der Waals surface area contributed by atoms with Gasteiger partial charge in [-0.25, -0.2) is 0 Å². The van der Waals surface area contributed by atoms with Crippen LogP contribution in [0.2, 0.25) is 0 Å². The second-order valence-electron chi connectivity index (χ2n) is 10.2. The lowest BCUT2D eigenvalue weighted by atomic mass is 9.60. The average Bonchev–Trinajstić information content (AvgIpc) is 3.06. The lowest BCUT2D eigenvalue weighted by Crippen LogP contribution is -2.51. The van der Waals surface area contributed by atoms with Crippen molar-refractivity contribution in [1.82, 2.24) is 5.32 Å². The second-order valence-corrected chi connectivity index (χ2v) is 11.7. The van der Waals surface area contributed by atoms with E-state index in [1.165, 1.54) is 31.3 Å². The van der Waals surface area contributed by atoms with Crippen LogP contribution in [-0.4, -0.2) is 23.0 Å². The molecule has 7 unspecified atom stereocenters. The standard InChI is InChI=1S/C23H40NOP/c1-14-10-11-15(2)22(25)20-12-19(16(3)24-17-8-6-7-9-17)21(13-18(14)20)23(4,5)26/h15-21,24H,1,6-13,26H2,2-5H3. The van der Waals surface area contributed by atoms with E-state index in [-0.39, 0.29) is 17.0 Å². The van der Waals surface area contributed by atoms with Gasteiger partial charge in [-0.15, -0.1) is 9.24 Å². The molecule has 3 fully saturated rings. The Balaban J connectivity index is 1.83. The zero-order valence-electron chi connectivity index (χ0n) is 17.4. The molecule has 0 amide bonds. The molecule has 0 heterocycles. The summed E-state index contributed by atoms with van der Waals surface area (Å²) in [4.78, 5) is 13.1. The maximum Gasteiger partial charge on any atom is 0.139 e. The fraction of sp³-hybridized carbons (Fsp3) is 0.870. The molecule has 1 N–H and O–H groups in total. The van der Waals surface area contributed by atoms with Crippen molar-refractivity contribution in [3.63, 3.8) is 0 Å². The summed E-state index contributed by atoms with van der Waals surface area (Å²) in [5, 5.41) is 4.15. The smallest absolute Gasteiger partial charge is 0.139 e. The Morgan fingerprint density at radius 3 is 2.42 bits per heavy atom. The maximum atomic E-state index is 13.1. The van der Waals surface area contributed by atoms with Crippen LogP contribution in [0.1, 0.15) is 79.1 Å². The molecule has 7 atom stereocenters. The summed E-state index contributed by atoms with van der Waals surface area (Å²) in [7, 11) is 3.11. The number of carbonyl (C=O) groups excluding carboxylic acids is 1. The predicted molar refractivity (Wildman–Crippen MR) is 114 cm³/mol. The number of hydrogen-bond donors (Lipinski definition) is 1. The van der Waals surface area contributed by atoms with Gasteiger partial charge in [0.25, 0.3) is 0 Å². The summed E-state index contributed by atoms with van der Waals surface area (Å²) in [6.07, 6.45) is 9.62. The number of carbonyl (C=O) groups is 1. The van der Waals surface area contributed by atoms with Gasteiger partial charge in [0.15, 0.2) is 0 Å². The van der Waals surface area contributed by atoms with E-state index in [0.29, 0.717) is 35.6 Å². The van der Waals surface area contributed by atoms with Gasteiger partial charge in [0.2, 0.25) is 0 Å². The van der Waals surface area contributed by atoms with Crippen molar-refractivity contribution in [3.05, 3.63) is 12.2 Å². The molecule has 0 saturated heterocycles. The van der Waals surface area contributed by atoms with Crippen LogP contribution in [0, 0.1) is 29.6 Å². The van der Waals surface area contributed by atoms with E-state index < -0.39 is 0 Å². The fourth-order valence-corrected chi connectivity index (χ4v) is 6.47. The Morgan fingerprint density at radius 2 is 1.81 bits per heavy atom. The first kappa shape index (κ1) is 20.5. The van der Waals surface area contributed by atoms with Crippen LogP contribution in [0.5, 0.6) is 0 Å². The number of Topliss-reactive ketones (excluding diaryl/α,β-unsaturated/α-hetero) is 1. The van der Waals surface area contributed by atoms with Gasteiger partial charge in [0.1, 0.15) is 5.78 Å². The number of ketones is 1. The third-order valence-corrected chi connectivity index (χ3v) is 8.19. The van der Waals surface area contributed by atoms with Crippen LogP contribution >= 0.6 is 9.24 Å². The van der Waals surface area contributed by atoms with Crippen LogP contribution in [0.15, 0.2) is 12.2 Å². The first-order valence-electron chi connectivity index (χ1n) is 10.9. The number of nitrogens with one attached hydrogen (secondary N) is 1. The van der Waals surface area contributed by atoms with Crippen LogP contribution in [0.4, 0.5) is 0 Å². The molecule has 2 nitrogen and oxygen atoms in total. The van der Waals surface area contributed by atoms with Gasteiger partial charge in [-0.1, -0.05) is 45.8 Å². The third kappa shape index (κ3) is 4.27. The zero-order chi connectivity index (χ0) is 19.1. The summed E-state index contributed by atoms with van der Waals surface area (Å²) >= 11 is 0. The van der Waals surface area contributed by atoms with Crippen LogP contribution in [0.25, 0.3) is 0 Å². The maximum absolute atomic E-state index is 13.1. The van der Waals surface area contributed by atoms with E-state index >= 15 is 0 Å².